The summed E-state index contributed by atoms with van der Waals surface area (Å²) in [6, 6.07) is 8.68. The van der Waals surface area contributed by atoms with Crippen molar-refractivity contribution >= 4 is 5.69 Å². The van der Waals surface area contributed by atoms with Gasteiger partial charge in [0.25, 0.3) is 5.56 Å². The summed E-state index contributed by atoms with van der Waals surface area (Å²) in [4.78, 5) is 15.3. The van der Waals surface area contributed by atoms with Gasteiger partial charge in [0.05, 0.1) is 12.9 Å². The average molecular weight is 245 g/mol. The van der Waals surface area contributed by atoms with E-state index < -0.39 is 0 Å². The smallest absolute Gasteiger partial charge is 0.253 e. The van der Waals surface area contributed by atoms with Crippen LogP contribution in [-0.4, -0.2) is 16.2 Å². The largest absolute Gasteiger partial charge is 0.494 e. The summed E-state index contributed by atoms with van der Waals surface area (Å²) in [7, 11) is 0. The lowest BCUT2D eigenvalue weighted by Crippen LogP contribution is -2.19. The maximum absolute atomic E-state index is 11.4. The molecule has 1 heterocycles. The number of ether oxygens (including phenoxy) is 1. The Morgan fingerprint density at radius 2 is 2.00 bits per heavy atom. The van der Waals surface area contributed by atoms with E-state index in [0.29, 0.717) is 18.8 Å². The van der Waals surface area contributed by atoms with Crippen molar-refractivity contribution in [3.63, 3.8) is 0 Å². The van der Waals surface area contributed by atoms with Gasteiger partial charge in [-0.25, -0.2) is 4.98 Å². The highest BCUT2D eigenvalue weighted by molar-refractivity contribution is 5.41. The second-order valence-corrected chi connectivity index (χ2v) is 3.88. The van der Waals surface area contributed by atoms with Crippen LogP contribution in [0, 0.1) is 0 Å². The van der Waals surface area contributed by atoms with Crippen molar-refractivity contribution in [3.05, 3.63) is 53.2 Å². The van der Waals surface area contributed by atoms with Gasteiger partial charge in [-0.3, -0.25) is 9.36 Å². The Kier molecular flexibility index (Phi) is 3.96. The van der Waals surface area contributed by atoms with Crippen LogP contribution in [0.1, 0.15) is 6.42 Å². The van der Waals surface area contributed by atoms with Gasteiger partial charge in [-0.2, -0.15) is 0 Å². The first-order chi connectivity index (χ1) is 8.75. The van der Waals surface area contributed by atoms with E-state index in [1.807, 2.05) is 12.1 Å². The number of aromatic nitrogens is 2. The summed E-state index contributed by atoms with van der Waals surface area (Å²) >= 11 is 0. The first kappa shape index (κ1) is 12.2. The molecule has 0 spiro atoms. The second kappa shape index (κ2) is 5.86. The molecule has 2 aromatic rings. The third-order valence-corrected chi connectivity index (χ3v) is 2.48. The molecular weight excluding hydrogens is 230 g/mol. The fraction of sp³-hybridized carbons (Fsp3) is 0.231. The predicted octanol–water partition coefficient (Wildman–Crippen LogP) is 1.29. The van der Waals surface area contributed by atoms with Gasteiger partial charge >= 0.3 is 0 Å². The third-order valence-electron chi connectivity index (χ3n) is 2.48. The number of hydrogen-bond donors (Lipinski definition) is 1. The summed E-state index contributed by atoms with van der Waals surface area (Å²) in [6.45, 7) is 1.15. The Bertz CT molecular complexity index is 549. The van der Waals surface area contributed by atoms with Gasteiger partial charge in [-0.15, -0.1) is 0 Å². The molecule has 1 aromatic carbocycles. The quantitative estimate of drug-likeness (QED) is 0.636. The van der Waals surface area contributed by atoms with E-state index in [4.69, 9.17) is 10.5 Å². The summed E-state index contributed by atoms with van der Waals surface area (Å²) in [5.74, 6) is 0.780. The fourth-order valence-corrected chi connectivity index (χ4v) is 1.54. The first-order valence-corrected chi connectivity index (χ1v) is 5.74. The molecule has 18 heavy (non-hydrogen) atoms. The van der Waals surface area contributed by atoms with Crippen molar-refractivity contribution < 1.29 is 4.74 Å². The number of rotatable bonds is 5. The molecule has 5 nitrogen and oxygen atoms in total. The van der Waals surface area contributed by atoms with Crippen molar-refractivity contribution in [2.45, 2.75) is 13.0 Å². The van der Waals surface area contributed by atoms with Crippen LogP contribution in [0.25, 0.3) is 0 Å². The average Bonchev–Trinajstić information content (AvgIpc) is 2.39. The van der Waals surface area contributed by atoms with Crippen molar-refractivity contribution in [2.24, 2.45) is 0 Å². The third kappa shape index (κ3) is 3.35. The van der Waals surface area contributed by atoms with Gasteiger partial charge in [0.2, 0.25) is 0 Å². The first-order valence-electron chi connectivity index (χ1n) is 5.74. The molecule has 0 aliphatic rings. The summed E-state index contributed by atoms with van der Waals surface area (Å²) in [5.41, 5.74) is 6.24. The van der Waals surface area contributed by atoms with Crippen LogP contribution in [0.15, 0.2) is 47.7 Å². The Morgan fingerprint density at radius 3 is 2.72 bits per heavy atom. The van der Waals surface area contributed by atoms with Crippen molar-refractivity contribution in [2.75, 3.05) is 12.3 Å². The van der Waals surface area contributed by atoms with Crippen LogP contribution in [0.5, 0.6) is 5.75 Å². The zero-order chi connectivity index (χ0) is 12.8. The molecule has 94 valence electrons. The monoisotopic (exact) mass is 245 g/mol. The van der Waals surface area contributed by atoms with Crippen LogP contribution >= 0.6 is 0 Å². The van der Waals surface area contributed by atoms with E-state index in [1.165, 1.54) is 18.6 Å². The minimum absolute atomic E-state index is 0.0440. The van der Waals surface area contributed by atoms with E-state index >= 15 is 0 Å². The van der Waals surface area contributed by atoms with Crippen molar-refractivity contribution in [1.29, 1.82) is 0 Å². The number of aryl methyl sites for hydroxylation is 1. The van der Waals surface area contributed by atoms with Gasteiger partial charge in [0.1, 0.15) is 5.75 Å². The molecule has 0 bridgehead atoms. The van der Waals surface area contributed by atoms with Crippen LogP contribution in [0.4, 0.5) is 5.69 Å². The molecule has 0 fully saturated rings. The molecule has 0 atom stereocenters. The number of benzene rings is 1. The van der Waals surface area contributed by atoms with Crippen molar-refractivity contribution in [1.82, 2.24) is 9.55 Å². The molecule has 2 N–H and O–H groups in total. The number of nitrogen functional groups attached to an aromatic ring is 1. The highest BCUT2D eigenvalue weighted by Gasteiger charge is 1.96. The Labute approximate surface area is 105 Å². The summed E-state index contributed by atoms with van der Waals surface area (Å²) in [5, 5.41) is 0. The zero-order valence-corrected chi connectivity index (χ0v) is 9.95. The van der Waals surface area contributed by atoms with Crippen LogP contribution in [-0.2, 0) is 6.54 Å². The normalized spacial score (nSPS) is 10.2. The van der Waals surface area contributed by atoms with Crippen molar-refractivity contribution in [3.8, 4) is 5.75 Å². The summed E-state index contributed by atoms with van der Waals surface area (Å²) < 4.78 is 7.09. The molecule has 0 unspecified atom stereocenters. The summed E-state index contributed by atoms with van der Waals surface area (Å²) in [6.07, 6.45) is 3.77. The SMILES string of the molecule is Nc1ccc(OCCCn2cnccc2=O)cc1. The highest BCUT2D eigenvalue weighted by Crippen LogP contribution is 2.13. The lowest BCUT2D eigenvalue weighted by Gasteiger charge is -2.07. The molecule has 0 amide bonds. The molecule has 0 saturated heterocycles. The minimum atomic E-state index is -0.0440. The molecule has 0 radical (unpaired) electrons. The Morgan fingerprint density at radius 1 is 1.22 bits per heavy atom. The molecule has 1 aromatic heterocycles. The van der Waals surface area contributed by atoms with Gasteiger partial charge < -0.3 is 10.5 Å². The molecule has 0 saturated carbocycles. The lowest BCUT2D eigenvalue weighted by molar-refractivity contribution is 0.300. The van der Waals surface area contributed by atoms with Crippen LogP contribution < -0.4 is 16.0 Å². The minimum Gasteiger partial charge on any atom is -0.494 e. The number of nitrogens with zero attached hydrogens (tertiary/aromatic N) is 2. The lowest BCUT2D eigenvalue weighted by atomic mass is 10.3. The molecule has 0 aliphatic carbocycles. The highest BCUT2D eigenvalue weighted by atomic mass is 16.5. The zero-order valence-electron chi connectivity index (χ0n) is 9.95. The van der Waals surface area contributed by atoms with Crippen LogP contribution in [0.3, 0.4) is 0 Å². The fourth-order valence-electron chi connectivity index (χ4n) is 1.54. The Balaban J connectivity index is 1.78. The van der Waals surface area contributed by atoms with Gasteiger partial charge in [0.15, 0.2) is 0 Å². The van der Waals surface area contributed by atoms with Gasteiger partial charge in [-0.1, -0.05) is 0 Å². The molecule has 2 rings (SSSR count). The van der Waals surface area contributed by atoms with E-state index in [2.05, 4.69) is 4.98 Å². The second-order valence-electron chi connectivity index (χ2n) is 3.88. The van der Waals surface area contributed by atoms with E-state index in [0.717, 1.165) is 12.2 Å². The topological polar surface area (TPSA) is 70.1 Å². The maximum atomic E-state index is 11.4. The predicted molar refractivity (Wildman–Crippen MR) is 69.5 cm³/mol. The van der Waals surface area contributed by atoms with E-state index in [9.17, 15) is 4.79 Å². The molecule has 5 heteroatoms. The maximum Gasteiger partial charge on any atom is 0.253 e. The molecular formula is C13H15N3O2. The van der Waals surface area contributed by atoms with E-state index in [-0.39, 0.29) is 5.56 Å². The number of anilines is 1. The van der Waals surface area contributed by atoms with Gasteiger partial charge in [-0.05, 0) is 30.7 Å². The Hall–Kier alpha value is -2.30. The standard InChI is InChI=1S/C13H15N3O2/c14-11-2-4-12(5-3-11)18-9-1-8-16-10-15-7-6-13(16)17/h2-7,10H,1,8-9,14H2. The van der Waals surface area contributed by atoms with Gasteiger partial charge in [0, 0.05) is 24.5 Å². The number of hydrogen-bond acceptors (Lipinski definition) is 4. The number of nitrogens with two attached hydrogens (primary N) is 1. The molecule has 0 aliphatic heterocycles. The van der Waals surface area contributed by atoms with Crippen LogP contribution in [0.2, 0.25) is 0 Å². The van der Waals surface area contributed by atoms with E-state index in [1.54, 1.807) is 16.7 Å².